The van der Waals surface area contributed by atoms with E-state index in [-0.39, 0.29) is 35.3 Å². The minimum absolute atomic E-state index is 0.00777. The van der Waals surface area contributed by atoms with E-state index in [0.717, 1.165) is 24.2 Å². The highest BCUT2D eigenvalue weighted by molar-refractivity contribution is 5.74. The third-order valence-electron chi connectivity index (χ3n) is 4.60. The highest BCUT2D eigenvalue weighted by Crippen LogP contribution is 2.28. The third-order valence-corrected chi connectivity index (χ3v) is 4.60. The molecular formula is C21H35N3O2. The molecule has 5 heteroatoms. The Labute approximate surface area is 158 Å². The Morgan fingerprint density at radius 1 is 1.15 bits per heavy atom. The number of benzene rings is 1. The Kier molecular flexibility index (Phi) is 6.22. The van der Waals surface area contributed by atoms with Crippen LogP contribution in [0.15, 0.2) is 24.3 Å². The van der Waals surface area contributed by atoms with E-state index in [1.807, 2.05) is 45.0 Å². The zero-order valence-corrected chi connectivity index (χ0v) is 17.3. The maximum absolute atomic E-state index is 12.5. The van der Waals surface area contributed by atoms with Crippen LogP contribution in [0.1, 0.15) is 72.9 Å². The highest BCUT2D eigenvalue weighted by atomic mass is 16.5. The van der Waals surface area contributed by atoms with E-state index < -0.39 is 0 Å². The van der Waals surface area contributed by atoms with Crippen molar-refractivity contribution in [2.75, 3.05) is 0 Å². The van der Waals surface area contributed by atoms with Gasteiger partial charge in [0.05, 0.1) is 12.1 Å². The predicted molar refractivity (Wildman–Crippen MR) is 107 cm³/mol. The lowest BCUT2D eigenvalue weighted by molar-refractivity contribution is 0.147. The van der Waals surface area contributed by atoms with Gasteiger partial charge in [0, 0.05) is 17.1 Å². The fraction of sp³-hybridized carbons (Fsp3) is 0.667. The van der Waals surface area contributed by atoms with Crippen molar-refractivity contribution in [3.63, 3.8) is 0 Å². The molecule has 0 saturated carbocycles. The van der Waals surface area contributed by atoms with Crippen molar-refractivity contribution in [2.45, 2.75) is 90.6 Å². The molecule has 0 bridgehead atoms. The van der Waals surface area contributed by atoms with Crippen LogP contribution in [-0.4, -0.2) is 29.3 Å². The van der Waals surface area contributed by atoms with Crippen molar-refractivity contribution in [3.8, 4) is 5.75 Å². The maximum atomic E-state index is 12.5. The molecule has 1 atom stereocenters. The van der Waals surface area contributed by atoms with Crippen LogP contribution in [0.5, 0.6) is 5.75 Å². The molecule has 0 aliphatic carbocycles. The lowest BCUT2D eigenvalue weighted by Crippen LogP contribution is -2.62. The Morgan fingerprint density at radius 3 is 2.35 bits per heavy atom. The van der Waals surface area contributed by atoms with Crippen LogP contribution < -0.4 is 20.7 Å². The van der Waals surface area contributed by atoms with E-state index in [1.165, 1.54) is 0 Å². The first-order chi connectivity index (χ1) is 12.0. The van der Waals surface area contributed by atoms with Gasteiger partial charge in [0.2, 0.25) is 0 Å². The lowest BCUT2D eigenvalue weighted by Gasteiger charge is -2.46. The standard InChI is InChI=1S/C21H35N3O2/c1-14(2)26-18-10-8-9-16(11-18)15(3)22-19(25)23-17-12-20(4,5)24-21(6,7)13-17/h8-11,14-15,17,24H,12-13H2,1-7H3,(H2,22,23,25). The largest absolute Gasteiger partial charge is 0.491 e. The summed E-state index contributed by atoms with van der Waals surface area (Å²) < 4.78 is 5.74. The molecule has 26 heavy (non-hydrogen) atoms. The summed E-state index contributed by atoms with van der Waals surface area (Å²) in [6.45, 7) is 14.7. The second-order valence-corrected chi connectivity index (χ2v) is 9.08. The van der Waals surface area contributed by atoms with E-state index >= 15 is 0 Å². The molecule has 2 rings (SSSR count). The van der Waals surface area contributed by atoms with E-state index in [0.29, 0.717) is 0 Å². The van der Waals surface area contributed by atoms with Gasteiger partial charge in [-0.25, -0.2) is 4.79 Å². The first-order valence-electron chi connectivity index (χ1n) is 9.59. The van der Waals surface area contributed by atoms with Crippen LogP contribution in [0, 0.1) is 0 Å². The average molecular weight is 362 g/mol. The van der Waals surface area contributed by atoms with Gasteiger partial charge in [-0.1, -0.05) is 12.1 Å². The monoisotopic (exact) mass is 361 g/mol. The summed E-state index contributed by atoms with van der Waals surface area (Å²) in [4.78, 5) is 12.5. The number of hydrogen-bond acceptors (Lipinski definition) is 3. The zero-order valence-electron chi connectivity index (χ0n) is 17.3. The van der Waals surface area contributed by atoms with Gasteiger partial charge < -0.3 is 20.7 Å². The summed E-state index contributed by atoms with van der Waals surface area (Å²) in [6.07, 6.45) is 1.95. The van der Waals surface area contributed by atoms with Crippen LogP contribution in [-0.2, 0) is 0 Å². The summed E-state index contributed by atoms with van der Waals surface area (Å²) in [5.41, 5.74) is 1.05. The fourth-order valence-corrected chi connectivity index (χ4v) is 4.06. The third kappa shape index (κ3) is 6.20. The predicted octanol–water partition coefficient (Wildman–Crippen LogP) is 4.14. The van der Waals surface area contributed by atoms with Crippen molar-refractivity contribution in [3.05, 3.63) is 29.8 Å². The molecule has 1 heterocycles. The summed E-state index contributed by atoms with van der Waals surface area (Å²) in [7, 11) is 0. The molecule has 1 aliphatic rings. The molecule has 0 aromatic heterocycles. The van der Waals surface area contributed by atoms with Crippen LogP contribution in [0.3, 0.4) is 0 Å². The number of amides is 2. The lowest BCUT2D eigenvalue weighted by atomic mass is 9.80. The van der Waals surface area contributed by atoms with Crippen molar-refractivity contribution >= 4 is 6.03 Å². The van der Waals surface area contributed by atoms with E-state index in [1.54, 1.807) is 0 Å². The second-order valence-electron chi connectivity index (χ2n) is 9.08. The minimum atomic E-state index is -0.119. The number of ether oxygens (including phenoxy) is 1. The Morgan fingerprint density at radius 2 is 1.77 bits per heavy atom. The van der Waals surface area contributed by atoms with E-state index in [9.17, 15) is 4.79 Å². The number of carbonyl (C=O) groups excluding carboxylic acids is 1. The van der Waals surface area contributed by atoms with Gasteiger partial charge in [0.15, 0.2) is 0 Å². The average Bonchev–Trinajstić information content (AvgIpc) is 2.42. The van der Waals surface area contributed by atoms with Gasteiger partial charge in [-0.15, -0.1) is 0 Å². The molecule has 0 radical (unpaired) electrons. The number of nitrogens with one attached hydrogen (secondary N) is 3. The molecule has 5 nitrogen and oxygen atoms in total. The normalized spacial score (nSPS) is 20.5. The first-order valence-corrected chi connectivity index (χ1v) is 9.59. The molecular weight excluding hydrogens is 326 g/mol. The SMILES string of the molecule is CC(C)Oc1cccc(C(C)NC(=O)NC2CC(C)(C)NC(C)(C)C2)c1. The van der Waals surface area contributed by atoms with Gasteiger partial charge >= 0.3 is 6.03 Å². The summed E-state index contributed by atoms with van der Waals surface area (Å²) >= 11 is 0. The van der Waals surface area contributed by atoms with Crippen molar-refractivity contribution in [1.29, 1.82) is 0 Å². The molecule has 2 amide bonds. The molecule has 1 aromatic rings. The number of carbonyl (C=O) groups is 1. The molecule has 1 aliphatic heterocycles. The highest BCUT2D eigenvalue weighted by Gasteiger charge is 2.38. The van der Waals surface area contributed by atoms with Crippen molar-refractivity contribution in [1.82, 2.24) is 16.0 Å². The van der Waals surface area contributed by atoms with Gasteiger partial charge in [-0.2, -0.15) is 0 Å². The number of urea groups is 1. The second kappa shape index (κ2) is 7.87. The number of piperidine rings is 1. The minimum Gasteiger partial charge on any atom is -0.491 e. The smallest absolute Gasteiger partial charge is 0.315 e. The van der Waals surface area contributed by atoms with Gasteiger partial charge in [-0.3, -0.25) is 0 Å². The molecule has 3 N–H and O–H groups in total. The van der Waals surface area contributed by atoms with Gasteiger partial charge in [0.1, 0.15) is 5.75 Å². The number of rotatable bonds is 5. The molecule has 1 saturated heterocycles. The van der Waals surface area contributed by atoms with Crippen molar-refractivity contribution in [2.24, 2.45) is 0 Å². The summed E-state index contributed by atoms with van der Waals surface area (Å²) in [5.74, 6) is 0.827. The maximum Gasteiger partial charge on any atom is 0.315 e. The van der Waals surface area contributed by atoms with Gasteiger partial charge in [0.25, 0.3) is 0 Å². The molecule has 1 aromatic carbocycles. The molecule has 1 fully saturated rings. The van der Waals surface area contributed by atoms with Crippen LogP contribution in [0.4, 0.5) is 4.79 Å². The van der Waals surface area contributed by atoms with Gasteiger partial charge in [-0.05, 0) is 79.0 Å². The van der Waals surface area contributed by atoms with E-state index in [2.05, 4.69) is 43.6 Å². The molecule has 1 unspecified atom stereocenters. The Balaban J connectivity index is 1.95. The van der Waals surface area contributed by atoms with Crippen LogP contribution >= 0.6 is 0 Å². The summed E-state index contributed by atoms with van der Waals surface area (Å²) in [5, 5.41) is 9.85. The van der Waals surface area contributed by atoms with Crippen LogP contribution in [0.2, 0.25) is 0 Å². The first kappa shape index (κ1) is 20.6. The molecule has 146 valence electrons. The fourth-order valence-electron chi connectivity index (χ4n) is 4.06. The Hall–Kier alpha value is -1.75. The summed E-state index contributed by atoms with van der Waals surface area (Å²) in [6, 6.07) is 7.84. The van der Waals surface area contributed by atoms with E-state index in [4.69, 9.17) is 4.74 Å². The quantitative estimate of drug-likeness (QED) is 0.738. The Bertz CT molecular complexity index is 609. The van der Waals surface area contributed by atoms with Crippen LogP contribution in [0.25, 0.3) is 0 Å². The van der Waals surface area contributed by atoms with Crippen molar-refractivity contribution < 1.29 is 9.53 Å². The topological polar surface area (TPSA) is 62.4 Å². The number of hydrogen-bond donors (Lipinski definition) is 3. The zero-order chi connectivity index (χ0) is 19.5. The molecule has 0 spiro atoms.